The number of imide groups is 1. The maximum absolute atomic E-state index is 12.5. The monoisotopic (exact) mass is 418 g/mol. The molecule has 1 aromatic carbocycles. The van der Waals surface area contributed by atoms with Gasteiger partial charge < -0.3 is 19.7 Å². The molecule has 0 radical (unpaired) electrons. The minimum Gasteiger partial charge on any atom is -0.486 e. The van der Waals surface area contributed by atoms with Crippen molar-refractivity contribution in [1.29, 1.82) is 0 Å². The highest BCUT2D eigenvalue weighted by Gasteiger charge is 2.28. The van der Waals surface area contributed by atoms with Gasteiger partial charge in [-0.2, -0.15) is 0 Å². The summed E-state index contributed by atoms with van der Waals surface area (Å²) in [7, 11) is 0. The summed E-state index contributed by atoms with van der Waals surface area (Å²) >= 11 is 0. The fourth-order valence-electron chi connectivity index (χ4n) is 3.50. The maximum Gasteiger partial charge on any atom is 0.325 e. The minimum absolute atomic E-state index is 0.153. The van der Waals surface area contributed by atoms with E-state index in [1.807, 2.05) is 23.6 Å². The van der Waals surface area contributed by atoms with E-state index < -0.39 is 12.1 Å². The Morgan fingerprint density at radius 3 is 2.33 bits per heavy atom. The number of urea groups is 1. The lowest BCUT2D eigenvalue weighted by Gasteiger charge is -2.37. The summed E-state index contributed by atoms with van der Waals surface area (Å²) in [5.74, 6) is 1.28. The van der Waals surface area contributed by atoms with Gasteiger partial charge in [0.05, 0.1) is 6.04 Å². The maximum atomic E-state index is 12.5. The van der Waals surface area contributed by atoms with Crippen molar-refractivity contribution in [2.75, 3.05) is 44.7 Å². The topological polar surface area (TPSA) is 100 Å². The molecule has 3 rings (SSSR count). The summed E-state index contributed by atoms with van der Waals surface area (Å²) in [6, 6.07) is 3.99. The first-order valence-corrected chi connectivity index (χ1v) is 10.4. The third-order valence-corrected chi connectivity index (χ3v) is 5.21. The molecule has 0 spiro atoms. The Kier molecular flexibility index (Phi) is 7.15. The second-order valence-electron chi connectivity index (χ2n) is 7.99. The lowest BCUT2D eigenvalue weighted by molar-refractivity contribution is -0.134. The van der Waals surface area contributed by atoms with Gasteiger partial charge >= 0.3 is 6.03 Å². The normalized spacial score (nSPS) is 17.4. The highest BCUT2D eigenvalue weighted by atomic mass is 16.6. The molecule has 2 heterocycles. The molecule has 4 amide bonds. The summed E-state index contributed by atoms with van der Waals surface area (Å²) in [5, 5.41) is 5.03. The van der Waals surface area contributed by atoms with Crippen molar-refractivity contribution in [2.24, 2.45) is 5.92 Å². The molecule has 0 aromatic heterocycles. The van der Waals surface area contributed by atoms with Crippen molar-refractivity contribution < 1.29 is 23.9 Å². The first-order chi connectivity index (χ1) is 14.3. The fraction of sp³-hybridized carbons (Fsp3) is 0.571. The molecule has 2 N–H and O–H groups in total. The highest BCUT2D eigenvalue weighted by molar-refractivity contribution is 6.02. The van der Waals surface area contributed by atoms with Crippen LogP contribution >= 0.6 is 0 Å². The van der Waals surface area contributed by atoms with Crippen LogP contribution in [0.3, 0.4) is 0 Å². The van der Waals surface area contributed by atoms with E-state index in [0.717, 1.165) is 0 Å². The largest absolute Gasteiger partial charge is 0.486 e. The standard InChI is InChI=1S/C21H30N4O5/c1-14(2)12-19(26)25-8-6-24(7-9-25)15(3)20(27)23-21(28)22-16-4-5-17-18(13-16)30-11-10-29-17/h4-5,13-15H,6-12H2,1-3H3,(H2,22,23,27,28). The molecule has 9 heteroatoms. The highest BCUT2D eigenvalue weighted by Crippen LogP contribution is 2.32. The zero-order valence-corrected chi connectivity index (χ0v) is 17.8. The summed E-state index contributed by atoms with van der Waals surface area (Å²) < 4.78 is 10.9. The molecule has 0 aliphatic carbocycles. The number of fused-ring (bicyclic) bond motifs is 1. The van der Waals surface area contributed by atoms with Crippen LogP contribution in [0.15, 0.2) is 18.2 Å². The number of nitrogens with one attached hydrogen (secondary N) is 2. The number of rotatable bonds is 5. The van der Waals surface area contributed by atoms with Crippen LogP contribution in [0.5, 0.6) is 11.5 Å². The Hall–Kier alpha value is -2.81. The SMILES string of the molecule is CC(C)CC(=O)N1CCN(C(C)C(=O)NC(=O)Nc2ccc3c(c2)OCCO3)CC1. The molecular formula is C21H30N4O5. The molecule has 0 bridgehead atoms. The third kappa shape index (κ3) is 5.63. The van der Waals surface area contributed by atoms with Crippen LogP contribution in [0, 0.1) is 5.92 Å². The van der Waals surface area contributed by atoms with Crippen molar-refractivity contribution in [3.63, 3.8) is 0 Å². The number of nitrogens with zero attached hydrogens (tertiary/aromatic N) is 2. The Labute approximate surface area is 176 Å². The van der Waals surface area contributed by atoms with Crippen LogP contribution in [0.2, 0.25) is 0 Å². The molecule has 1 atom stereocenters. The van der Waals surface area contributed by atoms with Crippen LogP contribution in [0.25, 0.3) is 0 Å². The predicted molar refractivity (Wildman–Crippen MR) is 112 cm³/mol. The molecule has 1 aromatic rings. The molecule has 9 nitrogen and oxygen atoms in total. The van der Waals surface area contributed by atoms with E-state index in [9.17, 15) is 14.4 Å². The van der Waals surface area contributed by atoms with Gasteiger partial charge in [-0.05, 0) is 25.0 Å². The van der Waals surface area contributed by atoms with Gasteiger partial charge in [0.1, 0.15) is 13.2 Å². The van der Waals surface area contributed by atoms with E-state index in [1.54, 1.807) is 25.1 Å². The van der Waals surface area contributed by atoms with Gasteiger partial charge in [0, 0.05) is 44.4 Å². The first kappa shape index (κ1) is 21.9. The van der Waals surface area contributed by atoms with Gasteiger partial charge in [-0.3, -0.25) is 19.8 Å². The minimum atomic E-state index is -0.603. The van der Waals surface area contributed by atoms with E-state index in [-0.39, 0.29) is 11.8 Å². The van der Waals surface area contributed by atoms with Gasteiger partial charge in [0.15, 0.2) is 11.5 Å². The number of ether oxygens (including phenoxy) is 2. The molecule has 1 saturated heterocycles. The quantitative estimate of drug-likeness (QED) is 0.755. The third-order valence-electron chi connectivity index (χ3n) is 5.21. The average molecular weight is 418 g/mol. The van der Waals surface area contributed by atoms with E-state index >= 15 is 0 Å². The molecule has 1 unspecified atom stereocenters. The van der Waals surface area contributed by atoms with Crippen molar-refractivity contribution in [2.45, 2.75) is 33.2 Å². The van der Waals surface area contributed by atoms with Crippen molar-refractivity contribution in [3.8, 4) is 11.5 Å². The molecule has 2 aliphatic rings. The second kappa shape index (κ2) is 9.80. The van der Waals surface area contributed by atoms with E-state index in [4.69, 9.17) is 9.47 Å². The number of hydrogen-bond acceptors (Lipinski definition) is 6. The number of piperazine rings is 1. The van der Waals surface area contributed by atoms with Gasteiger partial charge in [0.25, 0.3) is 0 Å². The average Bonchev–Trinajstić information content (AvgIpc) is 2.72. The van der Waals surface area contributed by atoms with Gasteiger partial charge in [-0.1, -0.05) is 13.8 Å². The smallest absolute Gasteiger partial charge is 0.325 e. The Morgan fingerprint density at radius 2 is 1.67 bits per heavy atom. The van der Waals surface area contributed by atoms with Crippen LogP contribution in [0.1, 0.15) is 27.2 Å². The van der Waals surface area contributed by atoms with Crippen molar-refractivity contribution in [1.82, 2.24) is 15.1 Å². The lowest BCUT2D eigenvalue weighted by Crippen LogP contribution is -2.55. The fourth-order valence-corrected chi connectivity index (χ4v) is 3.50. The number of anilines is 1. The molecule has 164 valence electrons. The Balaban J connectivity index is 1.46. The Morgan fingerprint density at radius 1 is 1.00 bits per heavy atom. The number of hydrogen-bond donors (Lipinski definition) is 2. The molecular weight excluding hydrogens is 388 g/mol. The molecule has 2 aliphatic heterocycles. The zero-order valence-electron chi connectivity index (χ0n) is 17.8. The van der Waals surface area contributed by atoms with Gasteiger partial charge in [-0.25, -0.2) is 4.79 Å². The summed E-state index contributed by atoms with van der Waals surface area (Å²) in [4.78, 5) is 40.7. The molecule has 30 heavy (non-hydrogen) atoms. The Bertz CT molecular complexity index is 790. The van der Waals surface area contributed by atoms with Gasteiger partial charge in [0.2, 0.25) is 11.8 Å². The molecule has 0 saturated carbocycles. The lowest BCUT2D eigenvalue weighted by atomic mass is 10.1. The molecule has 1 fully saturated rings. The summed E-state index contributed by atoms with van der Waals surface area (Å²) in [6.07, 6.45) is 0.538. The summed E-state index contributed by atoms with van der Waals surface area (Å²) in [5.41, 5.74) is 0.509. The van der Waals surface area contributed by atoms with Crippen LogP contribution in [-0.2, 0) is 9.59 Å². The van der Waals surface area contributed by atoms with Crippen LogP contribution in [-0.4, -0.2) is 73.1 Å². The van der Waals surface area contributed by atoms with Crippen LogP contribution in [0.4, 0.5) is 10.5 Å². The zero-order chi connectivity index (χ0) is 21.7. The first-order valence-electron chi connectivity index (χ1n) is 10.4. The van der Waals surface area contributed by atoms with E-state index in [0.29, 0.717) is 68.9 Å². The summed E-state index contributed by atoms with van der Waals surface area (Å²) in [6.45, 7) is 9.14. The van der Waals surface area contributed by atoms with Crippen molar-refractivity contribution in [3.05, 3.63) is 18.2 Å². The number of carbonyl (C=O) groups excluding carboxylic acids is 3. The van der Waals surface area contributed by atoms with Crippen molar-refractivity contribution >= 4 is 23.5 Å². The van der Waals surface area contributed by atoms with E-state index in [2.05, 4.69) is 10.6 Å². The number of benzene rings is 1. The number of amides is 4. The second-order valence-corrected chi connectivity index (χ2v) is 7.99. The van der Waals surface area contributed by atoms with Gasteiger partial charge in [-0.15, -0.1) is 0 Å². The van der Waals surface area contributed by atoms with Crippen LogP contribution < -0.4 is 20.1 Å². The predicted octanol–water partition coefficient (Wildman–Crippen LogP) is 1.68. The number of carbonyl (C=O) groups is 3. The van der Waals surface area contributed by atoms with E-state index in [1.165, 1.54) is 0 Å².